The first-order chi connectivity index (χ1) is 4.97. The van der Waals surface area contributed by atoms with Gasteiger partial charge in [-0.1, -0.05) is 24.3 Å². The Hall–Kier alpha value is -0.600. The molecule has 1 aliphatic carbocycles. The maximum absolute atomic E-state index is 9.47. The molecular formula is C9H14O2. The van der Waals surface area contributed by atoms with E-state index < -0.39 is 5.60 Å². The van der Waals surface area contributed by atoms with E-state index in [2.05, 4.69) is 0 Å². The van der Waals surface area contributed by atoms with Crippen LogP contribution >= 0.6 is 0 Å². The van der Waals surface area contributed by atoms with Crippen LogP contribution in [0.2, 0.25) is 0 Å². The van der Waals surface area contributed by atoms with Gasteiger partial charge in [-0.2, -0.15) is 0 Å². The molecule has 0 spiro atoms. The van der Waals surface area contributed by atoms with E-state index in [-0.39, 0.29) is 5.60 Å². The predicted molar refractivity (Wildman–Crippen MR) is 44.3 cm³/mol. The number of rotatable bonds is 1. The van der Waals surface area contributed by atoms with Crippen molar-refractivity contribution in [2.75, 3.05) is 7.11 Å². The van der Waals surface area contributed by atoms with Gasteiger partial charge in [0.2, 0.25) is 0 Å². The minimum atomic E-state index is -0.808. The standard InChI is InChI=1S/C9H14O2/c1-8(10)4-6-9(2,11-3)7-5-8/h4-7,10H,1-3H3. The van der Waals surface area contributed by atoms with E-state index in [0.29, 0.717) is 0 Å². The molecule has 0 unspecified atom stereocenters. The lowest BCUT2D eigenvalue weighted by atomic mass is 9.92. The molecule has 0 saturated carbocycles. The van der Waals surface area contributed by atoms with Crippen molar-refractivity contribution < 1.29 is 9.84 Å². The van der Waals surface area contributed by atoms with Crippen LogP contribution in [0.5, 0.6) is 0 Å². The van der Waals surface area contributed by atoms with Crippen LogP contribution in [0, 0.1) is 0 Å². The first-order valence-electron chi connectivity index (χ1n) is 3.66. The molecule has 1 aliphatic rings. The van der Waals surface area contributed by atoms with Gasteiger partial charge >= 0.3 is 0 Å². The highest BCUT2D eigenvalue weighted by Gasteiger charge is 2.24. The van der Waals surface area contributed by atoms with Crippen LogP contribution in [0.25, 0.3) is 0 Å². The molecule has 0 fully saturated rings. The molecule has 0 saturated heterocycles. The number of ether oxygens (including phenoxy) is 1. The summed E-state index contributed by atoms with van der Waals surface area (Å²) in [6.45, 7) is 3.67. The summed E-state index contributed by atoms with van der Waals surface area (Å²) in [7, 11) is 1.65. The third-order valence-corrected chi connectivity index (χ3v) is 1.94. The Morgan fingerprint density at radius 2 is 1.55 bits per heavy atom. The number of methoxy groups -OCH3 is 1. The fourth-order valence-corrected chi connectivity index (χ4v) is 0.916. The average molecular weight is 154 g/mol. The van der Waals surface area contributed by atoms with E-state index in [1.807, 2.05) is 19.1 Å². The Morgan fingerprint density at radius 1 is 1.09 bits per heavy atom. The Bertz CT molecular complexity index is 186. The second-order valence-corrected chi connectivity index (χ2v) is 3.28. The van der Waals surface area contributed by atoms with Gasteiger partial charge in [-0.3, -0.25) is 0 Å². The summed E-state index contributed by atoms with van der Waals surface area (Å²) in [5, 5.41) is 9.47. The summed E-state index contributed by atoms with van der Waals surface area (Å²) in [6.07, 6.45) is 7.17. The molecule has 2 heteroatoms. The van der Waals surface area contributed by atoms with E-state index in [1.165, 1.54) is 0 Å². The number of hydrogen-bond acceptors (Lipinski definition) is 2. The van der Waals surface area contributed by atoms with Gasteiger partial charge in [0, 0.05) is 7.11 Å². The van der Waals surface area contributed by atoms with Crippen LogP contribution in [0.4, 0.5) is 0 Å². The predicted octanol–water partition coefficient (Wildman–Crippen LogP) is 1.27. The van der Waals surface area contributed by atoms with E-state index in [1.54, 1.807) is 26.2 Å². The second-order valence-electron chi connectivity index (χ2n) is 3.28. The van der Waals surface area contributed by atoms with Crippen LogP contribution in [-0.2, 0) is 4.74 Å². The lowest BCUT2D eigenvalue weighted by Gasteiger charge is -2.27. The average Bonchev–Trinajstić information content (AvgIpc) is 1.97. The minimum Gasteiger partial charge on any atom is -0.382 e. The van der Waals surface area contributed by atoms with E-state index in [4.69, 9.17) is 4.74 Å². The Morgan fingerprint density at radius 3 is 1.91 bits per heavy atom. The molecule has 0 aromatic rings. The summed E-state index contributed by atoms with van der Waals surface area (Å²) in [5.74, 6) is 0. The Balaban J connectivity index is 2.79. The monoisotopic (exact) mass is 154 g/mol. The van der Waals surface area contributed by atoms with Crippen molar-refractivity contribution in [1.82, 2.24) is 0 Å². The van der Waals surface area contributed by atoms with E-state index >= 15 is 0 Å². The van der Waals surface area contributed by atoms with Crippen LogP contribution in [0.1, 0.15) is 13.8 Å². The SMILES string of the molecule is COC1(C)C=CC(C)(O)C=C1. The van der Waals surface area contributed by atoms with Gasteiger partial charge in [-0.25, -0.2) is 0 Å². The summed E-state index contributed by atoms with van der Waals surface area (Å²) < 4.78 is 5.19. The molecule has 2 nitrogen and oxygen atoms in total. The highest BCUT2D eigenvalue weighted by Crippen LogP contribution is 2.23. The van der Waals surface area contributed by atoms with Gasteiger partial charge in [0.25, 0.3) is 0 Å². The van der Waals surface area contributed by atoms with Gasteiger partial charge in [-0.15, -0.1) is 0 Å². The van der Waals surface area contributed by atoms with Crippen molar-refractivity contribution in [1.29, 1.82) is 0 Å². The first-order valence-corrected chi connectivity index (χ1v) is 3.66. The molecule has 1 N–H and O–H groups in total. The van der Waals surface area contributed by atoms with Crippen LogP contribution in [0.15, 0.2) is 24.3 Å². The van der Waals surface area contributed by atoms with Crippen LogP contribution in [0.3, 0.4) is 0 Å². The van der Waals surface area contributed by atoms with Gasteiger partial charge < -0.3 is 9.84 Å². The smallest absolute Gasteiger partial charge is 0.101 e. The van der Waals surface area contributed by atoms with E-state index in [0.717, 1.165) is 0 Å². The van der Waals surface area contributed by atoms with Crippen LogP contribution < -0.4 is 0 Å². The molecule has 62 valence electrons. The largest absolute Gasteiger partial charge is 0.382 e. The molecule has 1 rings (SSSR count). The lowest BCUT2D eigenvalue weighted by Crippen LogP contribution is -2.30. The fourth-order valence-electron chi connectivity index (χ4n) is 0.916. The zero-order valence-corrected chi connectivity index (χ0v) is 7.16. The molecule has 0 bridgehead atoms. The van der Waals surface area contributed by atoms with Gasteiger partial charge in [-0.05, 0) is 13.8 Å². The summed E-state index contributed by atoms with van der Waals surface area (Å²) in [4.78, 5) is 0. The topological polar surface area (TPSA) is 29.5 Å². The van der Waals surface area contributed by atoms with Crippen molar-refractivity contribution in [3.05, 3.63) is 24.3 Å². The molecular weight excluding hydrogens is 140 g/mol. The van der Waals surface area contributed by atoms with Crippen molar-refractivity contribution in [2.24, 2.45) is 0 Å². The highest BCUT2D eigenvalue weighted by atomic mass is 16.5. The molecule has 11 heavy (non-hydrogen) atoms. The van der Waals surface area contributed by atoms with Crippen molar-refractivity contribution in [3.8, 4) is 0 Å². The quantitative estimate of drug-likeness (QED) is 0.576. The zero-order valence-electron chi connectivity index (χ0n) is 7.16. The zero-order chi connectivity index (χ0) is 8.54. The molecule has 0 aliphatic heterocycles. The molecule has 0 aromatic carbocycles. The second kappa shape index (κ2) is 2.47. The van der Waals surface area contributed by atoms with Crippen molar-refractivity contribution in [2.45, 2.75) is 25.0 Å². The first kappa shape index (κ1) is 8.50. The van der Waals surface area contributed by atoms with Gasteiger partial charge in [0.1, 0.15) is 5.60 Å². The van der Waals surface area contributed by atoms with E-state index in [9.17, 15) is 5.11 Å². The molecule has 0 atom stereocenters. The molecule has 0 amide bonds. The number of hydrogen-bond donors (Lipinski definition) is 1. The normalized spacial score (nSPS) is 42.9. The third-order valence-electron chi connectivity index (χ3n) is 1.94. The maximum Gasteiger partial charge on any atom is 0.101 e. The molecule has 0 radical (unpaired) electrons. The van der Waals surface area contributed by atoms with Gasteiger partial charge in [0.15, 0.2) is 0 Å². The number of aliphatic hydroxyl groups is 1. The minimum absolute atomic E-state index is 0.345. The Labute approximate surface area is 67.2 Å². The van der Waals surface area contributed by atoms with Crippen LogP contribution in [-0.4, -0.2) is 23.4 Å². The van der Waals surface area contributed by atoms with Crippen molar-refractivity contribution in [3.63, 3.8) is 0 Å². The summed E-state index contributed by atoms with van der Waals surface area (Å²) in [5.41, 5.74) is -1.15. The molecule has 0 heterocycles. The third kappa shape index (κ3) is 1.91. The lowest BCUT2D eigenvalue weighted by molar-refractivity contribution is 0.0787. The Kier molecular flexibility index (Phi) is 1.90. The maximum atomic E-state index is 9.47. The fraction of sp³-hybridized carbons (Fsp3) is 0.556. The van der Waals surface area contributed by atoms with Crippen molar-refractivity contribution >= 4 is 0 Å². The summed E-state index contributed by atoms with van der Waals surface area (Å²) in [6, 6.07) is 0. The van der Waals surface area contributed by atoms with Gasteiger partial charge in [0.05, 0.1) is 5.60 Å². The molecule has 0 aromatic heterocycles. The summed E-state index contributed by atoms with van der Waals surface area (Å²) >= 11 is 0. The highest BCUT2D eigenvalue weighted by molar-refractivity contribution is 5.27.